The fraction of sp³-hybridized carbons (Fsp3) is 0.0714. The zero-order valence-corrected chi connectivity index (χ0v) is 10.9. The number of hydrogen-bond acceptors (Lipinski definition) is 2. The van der Waals surface area contributed by atoms with Gasteiger partial charge in [0.1, 0.15) is 5.82 Å². The summed E-state index contributed by atoms with van der Waals surface area (Å²) in [7, 11) is -1.65. The highest BCUT2D eigenvalue weighted by Gasteiger charge is 2.10. The summed E-state index contributed by atoms with van der Waals surface area (Å²) in [5.41, 5.74) is 0.465. The van der Waals surface area contributed by atoms with Crippen LogP contribution >= 0.6 is 0 Å². The SMILES string of the molecule is N#Cc1cc(F)cc(CS(=O)c2ccc(F)c(F)c2)c1. The van der Waals surface area contributed by atoms with Gasteiger partial charge in [-0.1, -0.05) is 0 Å². The molecular weight excluding hydrogens is 287 g/mol. The molecule has 2 rings (SSSR count). The van der Waals surface area contributed by atoms with E-state index >= 15 is 0 Å². The lowest BCUT2D eigenvalue weighted by molar-refractivity contribution is 0.505. The molecule has 6 heteroatoms. The molecule has 0 aliphatic carbocycles. The van der Waals surface area contributed by atoms with E-state index in [0.29, 0.717) is 5.56 Å². The monoisotopic (exact) mass is 295 g/mol. The van der Waals surface area contributed by atoms with Crippen molar-refractivity contribution in [2.24, 2.45) is 0 Å². The van der Waals surface area contributed by atoms with Crippen molar-refractivity contribution in [2.45, 2.75) is 10.6 Å². The fourth-order valence-electron chi connectivity index (χ4n) is 1.65. The molecule has 20 heavy (non-hydrogen) atoms. The van der Waals surface area contributed by atoms with Crippen LogP contribution in [0.15, 0.2) is 41.3 Å². The summed E-state index contributed by atoms with van der Waals surface area (Å²) in [4.78, 5) is 0.103. The first-order chi connectivity index (χ1) is 9.49. The fourth-order valence-corrected chi connectivity index (χ4v) is 2.74. The Hall–Kier alpha value is -2.13. The maximum absolute atomic E-state index is 13.2. The Balaban J connectivity index is 2.25. The molecule has 2 aromatic rings. The second-order valence-electron chi connectivity index (χ2n) is 4.03. The van der Waals surface area contributed by atoms with Gasteiger partial charge in [-0.25, -0.2) is 13.2 Å². The highest BCUT2D eigenvalue weighted by Crippen LogP contribution is 2.17. The van der Waals surface area contributed by atoms with Gasteiger partial charge < -0.3 is 0 Å². The molecule has 0 aromatic heterocycles. The van der Waals surface area contributed by atoms with Crippen LogP contribution in [-0.4, -0.2) is 4.21 Å². The van der Waals surface area contributed by atoms with Crippen LogP contribution in [0.2, 0.25) is 0 Å². The first kappa shape index (κ1) is 14.3. The Bertz CT molecular complexity index is 725. The van der Waals surface area contributed by atoms with Crippen LogP contribution in [-0.2, 0) is 16.6 Å². The van der Waals surface area contributed by atoms with E-state index in [-0.39, 0.29) is 16.2 Å². The van der Waals surface area contributed by atoms with E-state index in [9.17, 15) is 17.4 Å². The van der Waals surface area contributed by atoms with Gasteiger partial charge in [-0.2, -0.15) is 5.26 Å². The Kier molecular flexibility index (Phi) is 4.20. The van der Waals surface area contributed by atoms with Crippen LogP contribution in [0.1, 0.15) is 11.1 Å². The number of rotatable bonds is 3. The lowest BCUT2D eigenvalue weighted by Crippen LogP contribution is -1.99. The Morgan fingerprint density at radius 1 is 1.05 bits per heavy atom. The first-order valence-corrected chi connectivity index (χ1v) is 6.84. The van der Waals surface area contributed by atoms with Crippen LogP contribution in [0.4, 0.5) is 13.2 Å². The molecule has 1 unspecified atom stereocenters. The average molecular weight is 295 g/mol. The van der Waals surface area contributed by atoms with Crippen LogP contribution in [0.5, 0.6) is 0 Å². The van der Waals surface area contributed by atoms with E-state index in [1.165, 1.54) is 12.1 Å². The summed E-state index contributed by atoms with van der Waals surface area (Å²) in [5, 5.41) is 8.72. The molecule has 0 aliphatic heterocycles. The summed E-state index contributed by atoms with van der Waals surface area (Å²) in [6, 6.07) is 8.34. The van der Waals surface area contributed by atoms with Crippen molar-refractivity contribution in [3.05, 3.63) is 65.0 Å². The van der Waals surface area contributed by atoms with Gasteiger partial charge >= 0.3 is 0 Å². The molecule has 0 N–H and O–H groups in total. The zero-order chi connectivity index (χ0) is 14.7. The number of hydrogen-bond donors (Lipinski definition) is 0. The highest BCUT2D eigenvalue weighted by atomic mass is 32.2. The molecule has 0 saturated heterocycles. The van der Waals surface area contributed by atoms with Crippen LogP contribution in [0.25, 0.3) is 0 Å². The molecule has 0 radical (unpaired) electrons. The normalized spacial score (nSPS) is 11.9. The molecule has 0 aliphatic rings. The van der Waals surface area contributed by atoms with Gasteiger partial charge in [0.25, 0.3) is 0 Å². The van der Waals surface area contributed by atoms with Gasteiger partial charge in [0, 0.05) is 4.90 Å². The number of halogens is 3. The highest BCUT2D eigenvalue weighted by molar-refractivity contribution is 7.84. The Labute approximate surface area is 115 Å². The summed E-state index contributed by atoms with van der Waals surface area (Å²) < 4.78 is 51.1. The van der Waals surface area contributed by atoms with Gasteiger partial charge in [-0.15, -0.1) is 0 Å². The summed E-state index contributed by atoms with van der Waals surface area (Å²) >= 11 is 0. The van der Waals surface area contributed by atoms with Crippen molar-refractivity contribution in [3.63, 3.8) is 0 Å². The minimum atomic E-state index is -1.65. The van der Waals surface area contributed by atoms with Crippen molar-refractivity contribution < 1.29 is 17.4 Å². The Morgan fingerprint density at radius 3 is 2.45 bits per heavy atom. The summed E-state index contributed by atoms with van der Waals surface area (Å²) in [5.74, 6) is -2.81. The van der Waals surface area contributed by atoms with E-state index in [1.54, 1.807) is 6.07 Å². The molecule has 1 atom stereocenters. The van der Waals surface area contributed by atoms with Crippen molar-refractivity contribution in [2.75, 3.05) is 0 Å². The van der Waals surface area contributed by atoms with E-state index in [4.69, 9.17) is 5.26 Å². The quantitative estimate of drug-likeness (QED) is 0.872. The van der Waals surface area contributed by atoms with E-state index in [2.05, 4.69) is 0 Å². The molecule has 102 valence electrons. The summed E-state index contributed by atoms with van der Waals surface area (Å²) in [6.07, 6.45) is 0. The molecule has 2 nitrogen and oxygen atoms in total. The van der Waals surface area contributed by atoms with E-state index in [1.807, 2.05) is 0 Å². The zero-order valence-electron chi connectivity index (χ0n) is 10.1. The van der Waals surface area contributed by atoms with Crippen molar-refractivity contribution in [1.29, 1.82) is 5.26 Å². The van der Waals surface area contributed by atoms with Crippen molar-refractivity contribution in [1.82, 2.24) is 0 Å². The van der Waals surface area contributed by atoms with Crippen LogP contribution in [0.3, 0.4) is 0 Å². The molecular formula is C14H8F3NOS. The molecule has 0 bridgehead atoms. The summed E-state index contributed by atoms with van der Waals surface area (Å²) in [6.45, 7) is 0. The topological polar surface area (TPSA) is 40.9 Å². The van der Waals surface area contributed by atoms with Crippen LogP contribution < -0.4 is 0 Å². The lowest BCUT2D eigenvalue weighted by atomic mass is 10.1. The van der Waals surface area contributed by atoms with Crippen molar-refractivity contribution in [3.8, 4) is 6.07 Å². The molecule has 2 aromatic carbocycles. The lowest BCUT2D eigenvalue weighted by Gasteiger charge is -2.04. The van der Waals surface area contributed by atoms with Crippen LogP contribution in [0, 0.1) is 28.8 Å². The van der Waals surface area contributed by atoms with Gasteiger partial charge in [0.2, 0.25) is 0 Å². The predicted octanol–water partition coefficient (Wildman–Crippen LogP) is 3.28. The van der Waals surface area contributed by atoms with E-state index in [0.717, 1.165) is 24.3 Å². The predicted molar refractivity (Wildman–Crippen MR) is 67.6 cm³/mol. The van der Waals surface area contributed by atoms with Gasteiger partial charge in [0.15, 0.2) is 11.6 Å². The largest absolute Gasteiger partial charge is 0.254 e. The second kappa shape index (κ2) is 5.88. The van der Waals surface area contributed by atoms with Gasteiger partial charge in [-0.05, 0) is 42.0 Å². The molecule has 0 saturated carbocycles. The third-order valence-electron chi connectivity index (χ3n) is 2.54. The average Bonchev–Trinajstić information content (AvgIpc) is 2.41. The van der Waals surface area contributed by atoms with Gasteiger partial charge in [-0.3, -0.25) is 4.21 Å². The third-order valence-corrected chi connectivity index (χ3v) is 3.91. The molecule has 0 fully saturated rings. The standard InChI is InChI=1S/C14H8F3NOS/c15-11-4-9(7-18)3-10(5-11)8-20(19)12-1-2-13(16)14(17)6-12/h1-6H,8H2. The number of nitrogens with zero attached hydrogens (tertiary/aromatic N) is 1. The second-order valence-corrected chi connectivity index (χ2v) is 5.48. The molecule has 0 amide bonds. The minimum Gasteiger partial charge on any atom is -0.254 e. The number of nitriles is 1. The van der Waals surface area contributed by atoms with Crippen molar-refractivity contribution >= 4 is 10.8 Å². The smallest absolute Gasteiger partial charge is 0.160 e. The maximum atomic E-state index is 13.2. The molecule has 0 heterocycles. The minimum absolute atomic E-state index is 0.0858. The Morgan fingerprint density at radius 2 is 1.80 bits per heavy atom. The molecule has 0 spiro atoms. The van der Waals surface area contributed by atoms with Gasteiger partial charge in [0.05, 0.1) is 28.2 Å². The van der Waals surface area contributed by atoms with E-state index < -0.39 is 28.3 Å². The maximum Gasteiger partial charge on any atom is 0.160 e. The third kappa shape index (κ3) is 3.25. The first-order valence-electron chi connectivity index (χ1n) is 5.52. The number of benzene rings is 2.